The van der Waals surface area contributed by atoms with Gasteiger partial charge in [-0.05, 0) is 36.8 Å². The molecular formula is C23H19BrN4O3S. The number of carbonyl (C=O) groups is 1. The number of rotatable bonds is 7. The summed E-state index contributed by atoms with van der Waals surface area (Å²) in [6.45, 7) is 2.22. The van der Waals surface area contributed by atoms with Gasteiger partial charge in [0.1, 0.15) is 17.1 Å². The molecule has 0 aliphatic rings. The highest BCUT2D eigenvalue weighted by Gasteiger charge is 2.12. The van der Waals surface area contributed by atoms with Gasteiger partial charge in [-0.3, -0.25) is 14.2 Å². The Morgan fingerprint density at radius 3 is 2.84 bits per heavy atom. The van der Waals surface area contributed by atoms with Gasteiger partial charge in [-0.25, -0.2) is 10.4 Å². The quantitative estimate of drug-likeness (QED) is 0.294. The second-order valence-electron chi connectivity index (χ2n) is 6.78. The molecule has 32 heavy (non-hydrogen) atoms. The van der Waals surface area contributed by atoms with E-state index in [1.807, 2.05) is 61.5 Å². The van der Waals surface area contributed by atoms with Gasteiger partial charge in [0, 0.05) is 14.9 Å². The minimum Gasteiger partial charge on any atom is -0.493 e. The van der Waals surface area contributed by atoms with Crippen LogP contribution in [0.2, 0.25) is 0 Å². The minimum absolute atomic E-state index is 0.188. The van der Waals surface area contributed by atoms with Crippen LogP contribution in [0.25, 0.3) is 20.7 Å². The molecule has 2 aromatic heterocycles. The molecule has 0 unspecified atom stereocenters. The van der Waals surface area contributed by atoms with Gasteiger partial charge in [0.05, 0.1) is 24.5 Å². The molecule has 4 aromatic rings. The van der Waals surface area contributed by atoms with Crippen molar-refractivity contribution in [2.45, 2.75) is 13.5 Å². The van der Waals surface area contributed by atoms with Crippen LogP contribution in [0.15, 0.2) is 75.3 Å². The number of amides is 1. The Morgan fingerprint density at radius 2 is 2.06 bits per heavy atom. The molecule has 1 N–H and O–H groups in total. The number of thiophene rings is 1. The molecule has 1 amide bonds. The molecule has 0 atom stereocenters. The number of aromatic nitrogens is 2. The number of nitrogens with one attached hydrogen (secondary N) is 1. The van der Waals surface area contributed by atoms with Crippen LogP contribution < -0.4 is 15.7 Å². The van der Waals surface area contributed by atoms with E-state index in [9.17, 15) is 9.59 Å². The molecule has 0 saturated carbocycles. The summed E-state index contributed by atoms with van der Waals surface area (Å²) in [5, 5.41) is 4.49. The van der Waals surface area contributed by atoms with Gasteiger partial charge in [-0.1, -0.05) is 46.3 Å². The summed E-state index contributed by atoms with van der Waals surface area (Å²) in [5.74, 6) is 0.224. The van der Waals surface area contributed by atoms with Crippen LogP contribution in [-0.2, 0) is 11.3 Å². The molecule has 7 nitrogen and oxygen atoms in total. The predicted octanol–water partition coefficient (Wildman–Crippen LogP) is 4.44. The lowest BCUT2D eigenvalue weighted by Crippen LogP contribution is -2.29. The number of hydrazone groups is 1. The third-order valence-electron chi connectivity index (χ3n) is 4.55. The first kappa shape index (κ1) is 21.9. The lowest BCUT2D eigenvalue weighted by molar-refractivity contribution is -0.121. The maximum Gasteiger partial charge on any atom is 0.262 e. The lowest BCUT2D eigenvalue weighted by atomic mass is 10.2. The highest BCUT2D eigenvalue weighted by atomic mass is 79.9. The van der Waals surface area contributed by atoms with Crippen LogP contribution in [-0.4, -0.2) is 28.3 Å². The van der Waals surface area contributed by atoms with Crippen LogP contribution in [0.4, 0.5) is 0 Å². The Labute approximate surface area is 196 Å². The standard InChI is InChI=1S/C23H19BrN4O3S/c1-2-31-19-9-8-17(24)10-16(19)12-26-27-21(29)13-28-14-25-22-18(23(28)30)11-20(32-22)15-6-4-3-5-7-15/h3-12,14H,2,13H2,1H3,(H,27,29)/b26-12-. The summed E-state index contributed by atoms with van der Waals surface area (Å²) in [6.07, 6.45) is 2.89. The molecule has 0 bridgehead atoms. The molecule has 0 aliphatic carbocycles. The summed E-state index contributed by atoms with van der Waals surface area (Å²) in [5.41, 5.74) is 3.92. The maximum atomic E-state index is 12.8. The van der Waals surface area contributed by atoms with Crippen LogP contribution in [0.5, 0.6) is 5.75 Å². The Kier molecular flexibility index (Phi) is 6.77. The third kappa shape index (κ3) is 4.95. The number of ether oxygens (including phenoxy) is 1. The van der Waals surface area contributed by atoms with Gasteiger partial charge in [-0.15, -0.1) is 11.3 Å². The van der Waals surface area contributed by atoms with Gasteiger partial charge in [-0.2, -0.15) is 5.10 Å². The van der Waals surface area contributed by atoms with Crippen molar-refractivity contribution in [2.24, 2.45) is 5.10 Å². The molecule has 0 saturated heterocycles. The zero-order chi connectivity index (χ0) is 22.5. The van der Waals surface area contributed by atoms with E-state index in [2.05, 4.69) is 31.4 Å². The summed E-state index contributed by atoms with van der Waals surface area (Å²) >= 11 is 4.85. The van der Waals surface area contributed by atoms with Gasteiger partial charge >= 0.3 is 0 Å². The van der Waals surface area contributed by atoms with Gasteiger partial charge in [0.25, 0.3) is 11.5 Å². The third-order valence-corrected chi connectivity index (χ3v) is 6.14. The number of halogens is 1. The van der Waals surface area contributed by atoms with Crippen molar-refractivity contribution in [2.75, 3.05) is 6.61 Å². The largest absolute Gasteiger partial charge is 0.493 e. The number of fused-ring (bicyclic) bond motifs is 1. The molecular weight excluding hydrogens is 492 g/mol. The van der Waals surface area contributed by atoms with Gasteiger partial charge < -0.3 is 4.74 Å². The van der Waals surface area contributed by atoms with Crippen LogP contribution in [0.1, 0.15) is 12.5 Å². The number of nitrogens with zero attached hydrogens (tertiary/aromatic N) is 3. The summed E-state index contributed by atoms with van der Waals surface area (Å²) < 4.78 is 7.70. The SMILES string of the molecule is CCOc1ccc(Br)cc1/C=N\NC(=O)Cn1cnc2sc(-c3ccccc3)cc2c1=O. The van der Waals surface area contributed by atoms with Crippen molar-refractivity contribution in [1.29, 1.82) is 0 Å². The number of benzene rings is 2. The second-order valence-corrected chi connectivity index (χ2v) is 8.73. The fourth-order valence-corrected chi connectivity index (χ4v) is 4.46. The van der Waals surface area contributed by atoms with E-state index in [4.69, 9.17) is 4.74 Å². The van der Waals surface area contributed by atoms with Gasteiger partial charge in [0.2, 0.25) is 0 Å². The average molecular weight is 511 g/mol. The van der Waals surface area contributed by atoms with E-state index < -0.39 is 5.91 Å². The Hall–Kier alpha value is -3.30. The monoisotopic (exact) mass is 510 g/mol. The molecule has 0 aliphatic heterocycles. The van der Waals surface area contributed by atoms with E-state index in [1.54, 1.807) is 0 Å². The fourth-order valence-electron chi connectivity index (χ4n) is 3.09. The Morgan fingerprint density at radius 1 is 1.25 bits per heavy atom. The van der Waals surface area contributed by atoms with Crippen molar-refractivity contribution < 1.29 is 9.53 Å². The molecule has 0 radical (unpaired) electrons. The smallest absolute Gasteiger partial charge is 0.262 e. The van der Waals surface area contributed by atoms with Gasteiger partial charge in [0.15, 0.2) is 0 Å². The summed E-state index contributed by atoms with van der Waals surface area (Å²) in [6, 6.07) is 17.1. The first-order valence-corrected chi connectivity index (χ1v) is 11.4. The van der Waals surface area contributed by atoms with Crippen molar-refractivity contribution in [1.82, 2.24) is 15.0 Å². The molecule has 9 heteroatoms. The normalized spacial score (nSPS) is 11.2. The Balaban J connectivity index is 1.48. The second kappa shape index (κ2) is 9.88. The molecule has 0 fully saturated rings. The fraction of sp³-hybridized carbons (Fsp3) is 0.130. The summed E-state index contributed by atoms with van der Waals surface area (Å²) in [4.78, 5) is 31.1. The van der Waals surface area contributed by atoms with Crippen molar-refractivity contribution in [3.63, 3.8) is 0 Å². The number of carbonyl (C=O) groups excluding carboxylic acids is 1. The maximum absolute atomic E-state index is 12.8. The number of hydrogen-bond acceptors (Lipinski definition) is 6. The van der Waals surface area contributed by atoms with Crippen molar-refractivity contribution in [3.8, 4) is 16.2 Å². The van der Waals surface area contributed by atoms with Crippen molar-refractivity contribution >= 4 is 49.6 Å². The molecule has 162 valence electrons. The predicted molar refractivity (Wildman–Crippen MR) is 130 cm³/mol. The zero-order valence-electron chi connectivity index (χ0n) is 17.1. The van der Waals surface area contributed by atoms with E-state index in [0.717, 1.165) is 14.9 Å². The lowest BCUT2D eigenvalue weighted by Gasteiger charge is -2.07. The molecule has 4 rings (SSSR count). The highest BCUT2D eigenvalue weighted by molar-refractivity contribution is 9.10. The van der Waals surface area contributed by atoms with Crippen LogP contribution >= 0.6 is 27.3 Å². The highest BCUT2D eigenvalue weighted by Crippen LogP contribution is 2.30. The summed E-state index contributed by atoms with van der Waals surface area (Å²) in [7, 11) is 0. The Bertz CT molecular complexity index is 1350. The average Bonchev–Trinajstić information content (AvgIpc) is 3.23. The van der Waals surface area contributed by atoms with E-state index >= 15 is 0 Å². The number of hydrogen-bond donors (Lipinski definition) is 1. The molecule has 0 spiro atoms. The van der Waals surface area contributed by atoms with Crippen molar-refractivity contribution in [3.05, 3.63) is 81.3 Å². The molecule has 2 heterocycles. The topological polar surface area (TPSA) is 85.6 Å². The van der Waals surface area contributed by atoms with E-state index in [1.165, 1.54) is 28.4 Å². The first-order chi connectivity index (χ1) is 15.5. The minimum atomic E-state index is -0.434. The van der Waals surface area contributed by atoms with Crippen LogP contribution in [0, 0.1) is 0 Å². The first-order valence-electron chi connectivity index (χ1n) is 9.84. The van der Waals surface area contributed by atoms with Crippen LogP contribution in [0.3, 0.4) is 0 Å². The zero-order valence-corrected chi connectivity index (χ0v) is 19.5. The molecule has 2 aromatic carbocycles. The van der Waals surface area contributed by atoms with E-state index in [-0.39, 0.29) is 12.1 Å². The van der Waals surface area contributed by atoms with E-state index in [0.29, 0.717) is 28.1 Å².